The molecule has 0 saturated heterocycles. The molecule has 48 heavy (non-hydrogen) atoms. The summed E-state index contributed by atoms with van der Waals surface area (Å²) < 4.78 is 40.4. The number of amides is 2. The van der Waals surface area contributed by atoms with Crippen molar-refractivity contribution in [1.82, 2.24) is 10.2 Å². The minimum absolute atomic E-state index is 0.0201. The molecule has 0 heterocycles. The van der Waals surface area contributed by atoms with Crippen LogP contribution in [0.2, 0.25) is 10.0 Å². The van der Waals surface area contributed by atoms with Crippen LogP contribution in [0.15, 0.2) is 102 Å². The Hall–Kier alpha value is -4.25. The molecule has 0 bridgehead atoms. The number of carbonyl (C=O) groups is 2. The van der Waals surface area contributed by atoms with Crippen LogP contribution in [0.3, 0.4) is 0 Å². The summed E-state index contributed by atoms with van der Waals surface area (Å²) in [5.41, 5.74) is 1.75. The van der Waals surface area contributed by atoms with Crippen LogP contribution >= 0.6 is 23.2 Å². The van der Waals surface area contributed by atoms with E-state index in [4.69, 9.17) is 32.7 Å². The molecular formula is C36H39Cl2N3O6S. The number of benzene rings is 4. The van der Waals surface area contributed by atoms with Gasteiger partial charge in [-0.1, -0.05) is 72.6 Å². The summed E-state index contributed by atoms with van der Waals surface area (Å²) in [7, 11) is -1.52. The van der Waals surface area contributed by atoms with Gasteiger partial charge in [0.15, 0.2) is 11.5 Å². The zero-order valence-corrected chi connectivity index (χ0v) is 29.6. The maximum absolute atomic E-state index is 14.6. The average molecular weight is 713 g/mol. The predicted molar refractivity (Wildman–Crippen MR) is 189 cm³/mol. The van der Waals surface area contributed by atoms with Crippen molar-refractivity contribution in [2.45, 2.75) is 50.2 Å². The Morgan fingerprint density at radius 2 is 1.42 bits per heavy atom. The van der Waals surface area contributed by atoms with Crippen LogP contribution in [0, 0.1) is 0 Å². The van der Waals surface area contributed by atoms with E-state index in [0.29, 0.717) is 27.8 Å². The number of sulfonamides is 1. The zero-order valence-electron chi connectivity index (χ0n) is 27.2. The monoisotopic (exact) mass is 711 g/mol. The highest BCUT2D eigenvalue weighted by Gasteiger charge is 2.35. The van der Waals surface area contributed by atoms with E-state index in [1.54, 1.807) is 36.4 Å². The Balaban J connectivity index is 1.82. The molecule has 0 aliphatic heterocycles. The first kappa shape index (κ1) is 36.6. The fourth-order valence-electron chi connectivity index (χ4n) is 5.02. The fraction of sp³-hybridized carbons (Fsp3) is 0.278. The maximum Gasteiger partial charge on any atom is 0.264 e. The summed E-state index contributed by atoms with van der Waals surface area (Å²) >= 11 is 12.3. The summed E-state index contributed by atoms with van der Waals surface area (Å²) in [5.74, 6) is -0.397. The van der Waals surface area contributed by atoms with Crippen LogP contribution in [-0.4, -0.2) is 58.0 Å². The zero-order chi connectivity index (χ0) is 34.8. The molecule has 0 spiro atoms. The summed E-state index contributed by atoms with van der Waals surface area (Å²) in [6.07, 6.45) is 0.884. The summed E-state index contributed by atoms with van der Waals surface area (Å²) in [6.45, 7) is 3.25. The van der Waals surface area contributed by atoms with Gasteiger partial charge in [-0.05, 0) is 73.0 Å². The Labute approximate surface area is 292 Å². The van der Waals surface area contributed by atoms with E-state index in [1.165, 1.54) is 49.5 Å². The molecule has 9 nitrogen and oxygen atoms in total. The minimum Gasteiger partial charge on any atom is -0.493 e. The van der Waals surface area contributed by atoms with Gasteiger partial charge in [-0.2, -0.15) is 0 Å². The van der Waals surface area contributed by atoms with Gasteiger partial charge in [-0.15, -0.1) is 0 Å². The van der Waals surface area contributed by atoms with Crippen molar-refractivity contribution < 1.29 is 27.5 Å². The van der Waals surface area contributed by atoms with Gasteiger partial charge in [-0.25, -0.2) is 8.42 Å². The second-order valence-corrected chi connectivity index (χ2v) is 13.9. The second kappa shape index (κ2) is 16.7. The highest BCUT2D eigenvalue weighted by molar-refractivity contribution is 7.92. The highest BCUT2D eigenvalue weighted by Crippen LogP contribution is 2.33. The first-order chi connectivity index (χ1) is 23.0. The predicted octanol–water partition coefficient (Wildman–Crippen LogP) is 6.76. The number of hydrogen-bond donors (Lipinski definition) is 1. The molecule has 0 aliphatic carbocycles. The lowest BCUT2D eigenvalue weighted by Crippen LogP contribution is -2.54. The number of rotatable bonds is 15. The molecule has 0 unspecified atom stereocenters. The smallest absolute Gasteiger partial charge is 0.264 e. The molecule has 0 aromatic heterocycles. The van der Waals surface area contributed by atoms with Crippen LogP contribution in [0.25, 0.3) is 0 Å². The lowest BCUT2D eigenvalue weighted by Gasteiger charge is -2.34. The van der Waals surface area contributed by atoms with Crippen molar-refractivity contribution >= 4 is 50.7 Å². The quantitative estimate of drug-likeness (QED) is 0.146. The van der Waals surface area contributed by atoms with Crippen molar-refractivity contribution in [2.75, 3.05) is 25.1 Å². The minimum atomic E-state index is -4.37. The van der Waals surface area contributed by atoms with Gasteiger partial charge in [0.05, 0.1) is 24.8 Å². The van der Waals surface area contributed by atoms with Crippen LogP contribution in [0.1, 0.15) is 31.4 Å². The molecule has 4 aromatic carbocycles. The van der Waals surface area contributed by atoms with Crippen LogP contribution < -0.4 is 19.1 Å². The molecule has 254 valence electrons. The molecule has 12 heteroatoms. The highest BCUT2D eigenvalue weighted by atomic mass is 35.5. The Kier molecular flexibility index (Phi) is 12.7. The van der Waals surface area contributed by atoms with Crippen molar-refractivity contribution in [3.05, 3.63) is 118 Å². The third-order valence-electron chi connectivity index (χ3n) is 7.87. The molecule has 0 aliphatic rings. The standard InChI is InChI=1S/C36H39Cl2N3O6S/c1-5-25(2)39-36(43)32(21-26-9-7-6-8-10-26)40(23-27-11-13-28(37)14-12-27)35(42)24-41(30-17-15-29(38)16-18-30)48(44,45)31-19-20-33(46-3)34(22-31)47-4/h6-20,22,25,32H,5,21,23-24H2,1-4H3,(H,39,43)/t25-,32+/m0/s1. The van der Waals surface area contributed by atoms with E-state index in [2.05, 4.69) is 5.32 Å². The molecule has 2 atom stereocenters. The number of ether oxygens (including phenoxy) is 2. The molecule has 0 fully saturated rings. The van der Waals surface area contributed by atoms with Gasteiger partial charge >= 0.3 is 0 Å². The second-order valence-electron chi connectivity index (χ2n) is 11.2. The molecule has 4 aromatic rings. The number of carbonyl (C=O) groups excluding carboxylic acids is 2. The fourth-order valence-corrected chi connectivity index (χ4v) is 6.70. The SMILES string of the molecule is CC[C@H](C)NC(=O)[C@@H](Cc1ccccc1)N(Cc1ccc(Cl)cc1)C(=O)CN(c1ccc(Cl)cc1)S(=O)(=O)c1ccc(OC)c(OC)c1. The van der Waals surface area contributed by atoms with E-state index < -0.39 is 28.5 Å². The van der Waals surface area contributed by atoms with Gasteiger partial charge < -0.3 is 19.7 Å². The number of nitrogens with one attached hydrogen (secondary N) is 1. The van der Waals surface area contributed by atoms with Crippen molar-refractivity contribution in [1.29, 1.82) is 0 Å². The number of nitrogens with zero attached hydrogens (tertiary/aromatic N) is 2. The third kappa shape index (κ3) is 9.21. The maximum atomic E-state index is 14.6. The van der Waals surface area contributed by atoms with Crippen molar-refractivity contribution in [3.63, 3.8) is 0 Å². The first-order valence-electron chi connectivity index (χ1n) is 15.3. The molecule has 1 N–H and O–H groups in total. The van der Waals surface area contributed by atoms with E-state index in [-0.39, 0.29) is 41.2 Å². The first-order valence-corrected chi connectivity index (χ1v) is 17.5. The summed E-state index contributed by atoms with van der Waals surface area (Å²) in [6, 6.07) is 25.5. The number of anilines is 1. The lowest BCUT2D eigenvalue weighted by atomic mass is 10.0. The summed E-state index contributed by atoms with van der Waals surface area (Å²) in [4.78, 5) is 29.9. The van der Waals surface area contributed by atoms with E-state index in [1.807, 2.05) is 44.2 Å². The normalized spacial score (nSPS) is 12.5. The van der Waals surface area contributed by atoms with Crippen molar-refractivity contribution in [3.8, 4) is 11.5 Å². The van der Waals surface area contributed by atoms with Gasteiger partial charge in [0.25, 0.3) is 10.0 Å². The summed E-state index contributed by atoms with van der Waals surface area (Å²) in [5, 5.41) is 3.93. The molecule has 0 radical (unpaired) electrons. The number of methoxy groups -OCH3 is 2. The van der Waals surface area contributed by atoms with Gasteiger partial charge in [0, 0.05) is 35.1 Å². The molecule has 4 rings (SSSR count). The van der Waals surface area contributed by atoms with E-state index in [0.717, 1.165) is 9.87 Å². The third-order valence-corrected chi connectivity index (χ3v) is 10.1. The number of halogens is 2. The molecular weight excluding hydrogens is 673 g/mol. The molecule has 0 saturated carbocycles. The number of hydrogen-bond acceptors (Lipinski definition) is 6. The van der Waals surface area contributed by atoms with Crippen molar-refractivity contribution in [2.24, 2.45) is 0 Å². The average Bonchev–Trinajstić information content (AvgIpc) is 3.09. The van der Waals surface area contributed by atoms with Gasteiger partial charge in [0.2, 0.25) is 11.8 Å². The van der Waals surface area contributed by atoms with Crippen LogP contribution in [-0.2, 0) is 32.6 Å². The largest absolute Gasteiger partial charge is 0.493 e. The topological polar surface area (TPSA) is 105 Å². The Morgan fingerprint density at radius 3 is 2.00 bits per heavy atom. The van der Waals surface area contributed by atoms with Crippen LogP contribution in [0.4, 0.5) is 5.69 Å². The van der Waals surface area contributed by atoms with Crippen LogP contribution in [0.5, 0.6) is 11.5 Å². The van der Waals surface area contributed by atoms with E-state index >= 15 is 0 Å². The Morgan fingerprint density at radius 1 is 0.812 bits per heavy atom. The molecule has 2 amide bonds. The lowest BCUT2D eigenvalue weighted by molar-refractivity contribution is -0.140. The van der Waals surface area contributed by atoms with Gasteiger partial charge in [0.1, 0.15) is 12.6 Å². The Bertz CT molecular complexity index is 1790. The van der Waals surface area contributed by atoms with E-state index in [9.17, 15) is 18.0 Å². The van der Waals surface area contributed by atoms with Gasteiger partial charge in [-0.3, -0.25) is 13.9 Å².